The van der Waals surface area contributed by atoms with Crippen LogP contribution in [0.25, 0.3) is 0 Å². The van der Waals surface area contributed by atoms with Crippen molar-refractivity contribution in [1.82, 2.24) is 9.78 Å². The maximum atomic E-state index is 10.4. The van der Waals surface area contributed by atoms with E-state index >= 15 is 0 Å². The molecule has 1 unspecified atom stereocenters. The Kier molecular flexibility index (Phi) is 3.43. The van der Waals surface area contributed by atoms with Gasteiger partial charge in [0, 0.05) is 0 Å². The Morgan fingerprint density at radius 1 is 1.86 bits per heavy atom. The highest BCUT2D eigenvalue weighted by Gasteiger charge is 2.19. The van der Waals surface area contributed by atoms with Crippen LogP contribution in [0.1, 0.15) is 6.92 Å². The molecule has 0 fully saturated rings. The van der Waals surface area contributed by atoms with Crippen molar-refractivity contribution >= 4 is 17.4 Å². The summed E-state index contributed by atoms with van der Waals surface area (Å²) >= 11 is 5.61. The number of aromatic nitrogens is 2. The molecule has 1 aromatic rings. The van der Waals surface area contributed by atoms with Gasteiger partial charge in [0.05, 0.1) is 17.8 Å². The fraction of sp³-hybridized carbons (Fsp3) is 0.571. The van der Waals surface area contributed by atoms with Crippen molar-refractivity contribution in [2.45, 2.75) is 13.5 Å². The van der Waals surface area contributed by atoms with Gasteiger partial charge >= 0.3 is 5.82 Å². The molecule has 6 nitrogen and oxygen atoms in total. The summed E-state index contributed by atoms with van der Waals surface area (Å²) in [7, 11) is 0. The second kappa shape index (κ2) is 4.39. The molecular weight excluding hydrogens is 208 g/mol. The van der Waals surface area contributed by atoms with Crippen LogP contribution in [0.4, 0.5) is 5.82 Å². The molecule has 0 aliphatic rings. The maximum absolute atomic E-state index is 10.4. The van der Waals surface area contributed by atoms with Gasteiger partial charge in [-0.1, -0.05) is 18.5 Å². The van der Waals surface area contributed by atoms with Crippen LogP contribution in [0.3, 0.4) is 0 Å². The molecule has 0 aliphatic heterocycles. The molecule has 0 saturated carbocycles. The molecule has 0 radical (unpaired) electrons. The molecule has 78 valence electrons. The lowest BCUT2D eigenvalue weighted by atomic mass is 10.2. The fourth-order valence-electron chi connectivity index (χ4n) is 0.998. The summed E-state index contributed by atoms with van der Waals surface area (Å²) in [6.07, 6.45) is 1.44. The zero-order chi connectivity index (χ0) is 10.7. The lowest BCUT2D eigenvalue weighted by Gasteiger charge is -2.03. The molecule has 0 amide bonds. The molecule has 1 aromatic heterocycles. The largest absolute Gasteiger partial charge is 0.408 e. The van der Waals surface area contributed by atoms with Crippen molar-refractivity contribution in [2.24, 2.45) is 11.7 Å². The lowest BCUT2D eigenvalue weighted by Crippen LogP contribution is -2.17. The normalized spacial score (nSPS) is 12.8. The van der Waals surface area contributed by atoms with Gasteiger partial charge in [0.1, 0.15) is 0 Å². The molecule has 7 heteroatoms. The Balaban J connectivity index is 2.81. The van der Waals surface area contributed by atoms with Gasteiger partial charge in [-0.3, -0.25) is 0 Å². The minimum atomic E-state index is -0.605. The zero-order valence-corrected chi connectivity index (χ0v) is 8.44. The minimum Gasteiger partial charge on any atom is -0.358 e. The predicted octanol–water partition coefficient (Wildman–Crippen LogP) is 1.04. The summed E-state index contributed by atoms with van der Waals surface area (Å²) in [5.41, 5.74) is 5.42. The van der Waals surface area contributed by atoms with Crippen LogP contribution in [-0.2, 0) is 6.54 Å². The smallest absolute Gasteiger partial charge is 0.358 e. The average molecular weight is 219 g/mol. The van der Waals surface area contributed by atoms with Crippen LogP contribution in [0.2, 0.25) is 5.02 Å². The monoisotopic (exact) mass is 218 g/mol. The first-order valence-electron chi connectivity index (χ1n) is 4.12. The van der Waals surface area contributed by atoms with E-state index in [4.69, 9.17) is 17.3 Å². The summed E-state index contributed by atoms with van der Waals surface area (Å²) in [5, 5.41) is 14.2. The number of nitrogens with two attached hydrogens (primary N) is 1. The number of hydrogen-bond acceptors (Lipinski definition) is 4. The molecule has 1 rings (SSSR count). The highest BCUT2D eigenvalue weighted by atomic mass is 35.5. The highest BCUT2D eigenvalue weighted by molar-refractivity contribution is 6.32. The van der Waals surface area contributed by atoms with Gasteiger partial charge in [-0.15, -0.1) is 0 Å². The van der Waals surface area contributed by atoms with Crippen molar-refractivity contribution in [1.29, 1.82) is 0 Å². The summed E-state index contributed by atoms with van der Waals surface area (Å²) in [6, 6.07) is 0. The average Bonchev–Trinajstić information content (AvgIpc) is 2.46. The van der Waals surface area contributed by atoms with Crippen LogP contribution >= 0.6 is 11.6 Å². The molecule has 1 heterocycles. The first-order valence-corrected chi connectivity index (χ1v) is 4.49. The number of rotatable bonds is 4. The van der Waals surface area contributed by atoms with E-state index in [1.54, 1.807) is 0 Å². The van der Waals surface area contributed by atoms with E-state index in [9.17, 15) is 10.1 Å². The molecule has 2 N–H and O–H groups in total. The van der Waals surface area contributed by atoms with Crippen molar-refractivity contribution in [3.05, 3.63) is 21.3 Å². The van der Waals surface area contributed by atoms with E-state index in [-0.39, 0.29) is 16.8 Å². The molecule has 0 aliphatic carbocycles. The second-order valence-electron chi connectivity index (χ2n) is 3.12. The zero-order valence-electron chi connectivity index (χ0n) is 7.68. The SMILES string of the molecule is CC(CN)Cn1cc(Cl)c([N+](=O)[O-])n1. The molecule has 0 saturated heterocycles. The van der Waals surface area contributed by atoms with Crippen LogP contribution in [0.5, 0.6) is 0 Å². The molecule has 0 aromatic carbocycles. The second-order valence-corrected chi connectivity index (χ2v) is 3.53. The summed E-state index contributed by atoms with van der Waals surface area (Å²) in [5.74, 6) is -0.0959. The van der Waals surface area contributed by atoms with Gasteiger partial charge in [0.15, 0.2) is 5.02 Å². The van der Waals surface area contributed by atoms with Gasteiger partial charge in [-0.25, -0.2) is 0 Å². The Morgan fingerprint density at radius 3 is 2.93 bits per heavy atom. The van der Waals surface area contributed by atoms with E-state index in [0.29, 0.717) is 13.1 Å². The number of nitro groups is 1. The molecule has 1 atom stereocenters. The predicted molar refractivity (Wildman–Crippen MR) is 52.1 cm³/mol. The van der Waals surface area contributed by atoms with Crippen molar-refractivity contribution in [3.8, 4) is 0 Å². The van der Waals surface area contributed by atoms with Crippen LogP contribution in [0.15, 0.2) is 6.20 Å². The highest BCUT2D eigenvalue weighted by Crippen LogP contribution is 2.21. The Bertz CT molecular complexity index is 338. The first kappa shape index (κ1) is 10.9. The van der Waals surface area contributed by atoms with Gasteiger partial charge in [-0.2, -0.15) is 4.68 Å². The van der Waals surface area contributed by atoms with Gasteiger partial charge in [-0.05, 0) is 17.4 Å². The number of hydrogen-bond donors (Lipinski definition) is 1. The van der Waals surface area contributed by atoms with Crippen LogP contribution < -0.4 is 5.73 Å². The quantitative estimate of drug-likeness (QED) is 0.604. The summed E-state index contributed by atoms with van der Waals surface area (Å²) in [4.78, 5) is 9.81. The standard InChI is InChI=1S/C7H11ClN4O2/c1-5(2-9)3-11-4-6(8)7(10-11)12(13)14/h4-5H,2-3,9H2,1H3. The molecule has 0 bridgehead atoms. The minimum absolute atomic E-state index is 0.0548. The van der Waals surface area contributed by atoms with Gasteiger partial charge in [0.25, 0.3) is 0 Å². The fourth-order valence-corrected chi connectivity index (χ4v) is 1.22. The number of nitrogens with zero attached hydrogens (tertiary/aromatic N) is 3. The number of halogens is 1. The van der Waals surface area contributed by atoms with Crippen LogP contribution in [-0.4, -0.2) is 21.2 Å². The lowest BCUT2D eigenvalue weighted by molar-refractivity contribution is -0.389. The maximum Gasteiger partial charge on any atom is 0.408 e. The third-order valence-electron chi connectivity index (χ3n) is 1.77. The summed E-state index contributed by atoms with van der Waals surface area (Å²) in [6.45, 7) is 2.97. The Morgan fingerprint density at radius 2 is 2.50 bits per heavy atom. The first-order chi connectivity index (χ1) is 6.54. The van der Waals surface area contributed by atoms with Gasteiger partial charge < -0.3 is 15.8 Å². The van der Waals surface area contributed by atoms with Crippen LogP contribution in [0, 0.1) is 16.0 Å². The Labute approximate surface area is 85.8 Å². The van der Waals surface area contributed by atoms with E-state index in [0.717, 1.165) is 0 Å². The van der Waals surface area contributed by atoms with Gasteiger partial charge in [0.2, 0.25) is 0 Å². The van der Waals surface area contributed by atoms with E-state index < -0.39 is 4.92 Å². The summed E-state index contributed by atoms with van der Waals surface area (Å²) < 4.78 is 1.44. The van der Waals surface area contributed by atoms with Crippen molar-refractivity contribution < 1.29 is 4.92 Å². The molecule has 14 heavy (non-hydrogen) atoms. The van der Waals surface area contributed by atoms with E-state index in [1.807, 2.05) is 6.92 Å². The van der Waals surface area contributed by atoms with Crippen molar-refractivity contribution in [2.75, 3.05) is 6.54 Å². The third-order valence-corrected chi connectivity index (χ3v) is 2.04. The molecule has 0 spiro atoms. The Hall–Kier alpha value is -1.14. The third kappa shape index (κ3) is 2.43. The molecular formula is C7H11ClN4O2. The topological polar surface area (TPSA) is 87.0 Å². The van der Waals surface area contributed by atoms with Crippen molar-refractivity contribution in [3.63, 3.8) is 0 Å². The van der Waals surface area contributed by atoms with E-state index in [1.165, 1.54) is 10.9 Å². The van der Waals surface area contributed by atoms with E-state index in [2.05, 4.69) is 5.10 Å².